The molecule has 3 aliphatic carbocycles. The Morgan fingerprint density at radius 2 is 1.35 bits per heavy atom. The number of aliphatic hydroxyl groups is 2. The first-order valence-corrected chi connectivity index (χ1v) is 15.4. The van der Waals surface area contributed by atoms with E-state index in [2.05, 4.69) is 27.4 Å². The summed E-state index contributed by atoms with van der Waals surface area (Å²) in [7, 11) is 0. The number of benzene rings is 4. The van der Waals surface area contributed by atoms with E-state index in [1.54, 1.807) is 24.3 Å². The molecular formula is C38H38O8. The maximum absolute atomic E-state index is 13.6. The molecule has 0 fully saturated rings. The van der Waals surface area contributed by atoms with Crippen molar-refractivity contribution >= 4 is 22.7 Å². The van der Waals surface area contributed by atoms with Crippen LogP contribution < -0.4 is 9.47 Å². The average Bonchev–Trinajstić information content (AvgIpc) is 3.06. The van der Waals surface area contributed by atoms with E-state index in [4.69, 9.17) is 18.9 Å². The van der Waals surface area contributed by atoms with Crippen LogP contribution in [-0.4, -0.2) is 48.6 Å². The summed E-state index contributed by atoms with van der Waals surface area (Å²) >= 11 is 0. The Morgan fingerprint density at radius 3 is 1.96 bits per heavy atom. The van der Waals surface area contributed by atoms with Crippen LogP contribution in [0.15, 0.2) is 91.5 Å². The van der Waals surface area contributed by atoms with Crippen LogP contribution in [0.1, 0.15) is 55.0 Å². The van der Waals surface area contributed by atoms with Gasteiger partial charge in [-0.05, 0) is 45.4 Å². The molecule has 0 saturated carbocycles. The highest BCUT2D eigenvalue weighted by atomic mass is 16.6. The molecule has 3 unspecified atom stereocenters. The fourth-order valence-electron chi connectivity index (χ4n) is 6.69. The minimum atomic E-state index is -1.65. The molecule has 0 saturated heterocycles. The molecule has 3 aliphatic rings. The molecule has 8 nitrogen and oxygen atoms in total. The lowest BCUT2D eigenvalue weighted by molar-refractivity contribution is -0.167. The number of rotatable bonds is 10. The predicted octanol–water partition coefficient (Wildman–Crippen LogP) is 5.67. The standard InChI is InChI=1S/C38H38O8/c1-5-34(39)45-20-18-43-32-16-17-33(26-11-7-6-10-25(26)32)44-19-21-46-35(40)31-23-37(41)27-12-8-9-13-28(27)38(31,42)29-15-14-24(22-30(29)37)36(2,3)4/h5-17,22,31,41-42H,1,18-21,23H2,2-4H3. The molecular weight excluding hydrogens is 584 g/mol. The fourth-order valence-corrected chi connectivity index (χ4v) is 6.69. The Bertz CT molecular complexity index is 1820. The second kappa shape index (κ2) is 11.9. The fraction of sp³-hybridized carbons (Fsp3) is 0.316. The van der Waals surface area contributed by atoms with E-state index in [0.29, 0.717) is 33.8 Å². The zero-order chi connectivity index (χ0) is 32.7. The lowest BCUT2D eigenvalue weighted by Crippen LogP contribution is -2.57. The highest BCUT2D eigenvalue weighted by Crippen LogP contribution is 2.60. The summed E-state index contributed by atoms with van der Waals surface area (Å²) in [5.41, 5.74) is 0.0545. The number of hydrogen-bond donors (Lipinski definition) is 2. The summed E-state index contributed by atoms with van der Waals surface area (Å²) in [5.74, 6) is -0.932. The van der Waals surface area contributed by atoms with Gasteiger partial charge in [-0.3, -0.25) is 4.79 Å². The summed E-state index contributed by atoms with van der Waals surface area (Å²) in [6.07, 6.45) is 1.10. The lowest BCUT2D eigenvalue weighted by Gasteiger charge is -2.54. The van der Waals surface area contributed by atoms with E-state index in [1.807, 2.05) is 54.6 Å². The van der Waals surface area contributed by atoms with Gasteiger partial charge in [0.2, 0.25) is 0 Å². The molecule has 0 heterocycles. The van der Waals surface area contributed by atoms with Crippen LogP contribution in [-0.2, 0) is 35.7 Å². The van der Waals surface area contributed by atoms with Gasteiger partial charge in [-0.2, -0.15) is 0 Å². The Kier molecular flexibility index (Phi) is 8.12. The Balaban J connectivity index is 1.16. The van der Waals surface area contributed by atoms with Crippen molar-refractivity contribution in [1.82, 2.24) is 0 Å². The molecule has 0 radical (unpaired) electrons. The topological polar surface area (TPSA) is 112 Å². The summed E-state index contributed by atoms with van der Waals surface area (Å²) < 4.78 is 22.5. The largest absolute Gasteiger partial charge is 0.489 e. The molecule has 4 aromatic carbocycles. The zero-order valence-electron chi connectivity index (χ0n) is 26.2. The number of carbonyl (C=O) groups is 2. The maximum Gasteiger partial charge on any atom is 0.330 e. The van der Waals surface area contributed by atoms with Crippen LogP contribution in [0.25, 0.3) is 10.8 Å². The van der Waals surface area contributed by atoms with Gasteiger partial charge in [-0.15, -0.1) is 0 Å². The Hall–Kier alpha value is -4.66. The van der Waals surface area contributed by atoms with Crippen LogP contribution in [0.5, 0.6) is 11.5 Å². The number of fused-ring (bicyclic) bond motifs is 2. The van der Waals surface area contributed by atoms with Gasteiger partial charge >= 0.3 is 11.9 Å². The van der Waals surface area contributed by atoms with Crippen molar-refractivity contribution in [2.75, 3.05) is 26.4 Å². The van der Waals surface area contributed by atoms with Gasteiger partial charge in [0.05, 0.1) is 5.92 Å². The van der Waals surface area contributed by atoms with E-state index < -0.39 is 29.1 Å². The van der Waals surface area contributed by atoms with Crippen LogP contribution in [0.3, 0.4) is 0 Å². The molecule has 238 valence electrons. The second-order valence-corrected chi connectivity index (χ2v) is 12.8. The Morgan fingerprint density at radius 1 is 0.783 bits per heavy atom. The molecule has 0 aliphatic heterocycles. The van der Waals surface area contributed by atoms with Gasteiger partial charge < -0.3 is 29.2 Å². The first-order valence-electron chi connectivity index (χ1n) is 15.4. The monoisotopic (exact) mass is 622 g/mol. The first kappa shape index (κ1) is 31.3. The van der Waals surface area contributed by atoms with E-state index in [0.717, 1.165) is 22.4 Å². The molecule has 46 heavy (non-hydrogen) atoms. The van der Waals surface area contributed by atoms with Crippen molar-refractivity contribution in [3.05, 3.63) is 119 Å². The van der Waals surface area contributed by atoms with E-state index in [1.165, 1.54) is 0 Å². The molecule has 8 heteroatoms. The zero-order valence-corrected chi connectivity index (χ0v) is 26.2. The highest BCUT2D eigenvalue weighted by Gasteiger charge is 2.62. The van der Waals surface area contributed by atoms with Crippen LogP contribution in [0, 0.1) is 5.92 Å². The number of carbonyl (C=O) groups excluding carboxylic acids is 2. The summed E-state index contributed by atoms with van der Waals surface area (Å²) in [6, 6.07) is 24.1. The quantitative estimate of drug-likeness (QED) is 0.132. The van der Waals surface area contributed by atoms with E-state index in [9.17, 15) is 19.8 Å². The molecule has 0 spiro atoms. The lowest BCUT2D eigenvalue weighted by atomic mass is 9.54. The number of ether oxygens (including phenoxy) is 4. The molecule has 0 amide bonds. The first-order chi connectivity index (χ1) is 22.0. The van der Waals surface area contributed by atoms with Gasteiger partial charge in [-0.1, -0.05) is 94.1 Å². The van der Waals surface area contributed by atoms with Crippen molar-refractivity contribution in [3.63, 3.8) is 0 Å². The predicted molar refractivity (Wildman–Crippen MR) is 173 cm³/mol. The summed E-state index contributed by atoms with van der Waals surface area (Å²) in [4.78, 5) is 24.9. The van der Waals surface area contributed by atoms with Crippen molar-refractivity contribution in [2.45, 2.75) is 43.8 Å². The molecule has 7 rings (SSSR count). The van der Waals surface area contributed by atoms with Crippen LogP contribution in [0.4, 0.5) is 0 Å². The van der Waals surface area contributed by atoms with Gasteiger partial charge in [0.25, 0.3) is 0 Å². The maximum atomic E-state index is 13.6. The normalized spacial score (nSPS) is 21.2. The third-order valence-electron chi connectivity index (χ3n) is 8.99. The molecule has 4 aromatic rings. The molecule has 2 N–H and O–H groups in total. The van der Waals surface area contributed by atoms with Crippen LogP contribution in [0.2, 0.25) is 0 Å². The van der Waals surface area contributed by atoms with E-state index in [-0.39, 0.29) is 38.3 Å². The Labute approximate surface area is 268 Å². The summed E-state index contributed by atoms with van der Waals surface area (Å²) in [6.45, 7) is 9.96. The number of hydrogen-bond acceptors (Lipinski definition) is 8. The SMILES string of the molecule is C=CC(=O)OCCOc1ccc(OCCOC(=O)C2CC3(O)c4ccccc4C2(O)c2ccc(C(C)(C)C)cc23)c2ccccc12. The van der Waals surface area contributed by atoms with Gasteiger partial charge in [-0.25, -0.2) is 4.79 Å². The second-order valence-electron chi connectivity index (χ2n) is 12.8. The van der Waals surface area contributed by atoms with Crippen LogP contribution >= 0.6 is 0 Å². The van der Waals surface area contributed by atoms with Crippen molar-refractivity contribution in [2.24, 2.45) is 5.92 Å². The van der Waals surface area contributed by atoms with E-state index >= 15 is 0 Å². The molecule has 0 aromatic heterocycles. The third kappa shape index (κ3) is 5.31. The minimum absolute atomic E-state index is 0.000308. The van der Waals surface area contributed by atoms with Crippen molar-refractivity contribution in [1.29, 1.82) is 0 Å². The average molecular weight is 623 g/mol. The number of esters is 2. The molecule has 2 bridgehead atoms. The van der Waals surface area contributed by atoms with Crippen molar-refractivity contribution in [3.8, 4) is 11.5 Å². The summed E-state index contributed by atoms with van der Waals surface area (Å²) in [5, 5.41) is 26.2. The van der Waals surface area contributed by atoms with Crippen molar-refractivity contribution < 1.29 is 38.7 Å². The minimum Gasteiger partial charge on any atom is -0.489 e. The van der Waals surface area contributed by atoms with Gasteiger partial charge in [0.15, 0.2) is 0 Å². The van der Waals surface area contributed by atoms with Gasteiger partial charge in [0.1, 0.15) is 49.1 Å². The highest BCUT2D eigenvalue weighted by molar-refractivity contribution is 5.93. The smallest absolute Gasteiger partial charge is 0.330 e. The molecule has 3 atom stereocenters. The third-order valence-corrected chi connectivity index (χ3v) is 8.99. The van der Waals surface area contributed by atoms with Gasteiger partial charge in [0, 0.05) is 23.3 Å².